The van der Waals surface area contributed by atoms with E-state index in [1.165, 1.54) is 30.4 Å². The van der Waals surface area contributed by atoms with Crippen molar-refractivity contribution in [3.63, 3.8) is 0 Å². The third kappa shape index (κ3) is 5.91. The van der Waals surface area contributed by atoms with Crippen molar-refractivity contribution in [2.75, 3.05) is 32.8 Å². The fourth-order valence-electron chi connectivity index (χ4n) is 4.44. The molecule has 1 fully saturated rings. The largest absolute Gasteiger partial charge is 0.384 e. The Kier molecular flexibility index (Phi) is 8.29. The third-order valence-corrected chi connectivity index (χ3v) is 6.29. The number of morpholine rings is 1. The van der Waals surface area contributed by atoms with Crippen LogP contribution in [0.15, 0.2) is 54.6 Å². The van der Waals surface area contributed by atoms with E-state index in [4.69, 9.17) is 4.74 Å². The highest BCUT2D eigenvalue weighted by atomic mass is 16.5. The van der Waals surface area contributed by atoms with Crippen LogP contribution in [0.3, 0.4) is 0 Å². The molecule has 3 rings (SSSR count). The highest BCUT2D eigenvalue weighted by Gasteiger charge is 2.40. The molecule has 1 aliphatic heterocycles. The Hall–Kier alpha value is -1.68. The van der Waals surface area contributed by atoms with Crippen LogP contribution in [0.1, 0.15) is 61.6 Å². The van der Waals surface area contributed by atoms with Gasteiger partial charge in [-0.05, 0) is 24.5 Å². The molecule has 3 nitrogen and oxygen atoms in total. The molecule has 2 unspecified atom stereocenters. The number of nitrogens with zero attached hydrogens (tertiary/aromatic N) is 1. The molecular weight excluding hydrogens is 358 g/mol. The molecule has 29 heavy (non-hydrogen) atoms. The predicted molar refractivity (Wildman–Crippen MR) is 120 cm³/mol. The van der Waals surface area contributed by atoms with E-state index >= 15 is 0 Å². The van der Waals surface area contributed by atoms with Gasteiger partial charge in [0.05, 0.1) is 18.8 Å². The second kappa shape index (κ2) is 10.9. The SMILES string of the molecule is CCCCCCC(O)(c1ccc(C)cc1)C(CN1CCOCC1)c1ccccc1. The summed E-state index contributed by atoms with van der Waals surface area (Å²) >= 11 is 0. The van der Waals surface area contributed by atoms with Gasteiger partial charge in [0.1, 0.15) is 0 Å². The minimum atomic E-state index is -0.874. The number of hydrogen-bond donors (Lipinski definition) is 1. The van der Waals surface area contributed by atoms with Gasteiger partial charge in [0.15, 0.2) is 0 Å². The van der Waals surface area contributed by atoms with Crippen LogP contribution >= 0.6 is 0 Å². The Bertz CT molecular complexity index is 709. The summed E-state index contributed by atoms with van der Waals surface area (Å²) in [7, 11) is 0. The van der Waals surface area contributed by atoms with E-state index in [9.17, 15) is 5.11 Å². The monoisotopic (exact) mass is 395 g/mol. The minimum Gasteiger partial charge on any atom is -0.384 e. The Morgan fingerprint density at radius 1 is 0.966 bits per heavy atom. The quantitative estimate of drug-likeness (QED) is 0.556. The summed E-state index contributed by atoms with van der Waals surface area (Å²) < 4.78 is 5.56. The lowest BCUT2D eigenvalue weighted by atomic mass is 9.73. The second-order valence-electron chi connectivity index (χ2n) is 8.48. The number of unbranched alkanes of at least 4 members (excludes halogenated alkanes) is 3. The molecule has 1 N–H and O–H groups in total. The van der Waals surface area contributed by atoms with Gasteiger partial charge in [0.25, 0.3) is 0 Å². The summed E-state index contributed by atoms with van der Waals surface area (Å²) in [6.45, 7) is 8.61. The van der Waals surface area contributed by atoms with Crippen LogP contribution in [0, 0.1) is 6.92 Å². The average molecular weight is 396 g/mol. The van der Waals surface area contributed by atoms with Gasteiger partial charge in [-0.2, -0.15) is 0 Å². The van der Waals surface area contributed by atoms with Crippen LogP contribution < -0.4 is 0 Å². The summed E-state index contributed by atoms with van der Waals surface area (Å²) in [4.78, 5) is 2.45. The molecule has 0 aromatic heterocycles. The predicted octanol–water partition coefficient (Wildman–Crippen LogP) is 5.27. The first-order valence-corrected chi connectivity index (χ1v) is 11.3. The van der Waals surface area contributed by atoms with Gasteiger partial charge in [-0.3, -0.25) is 4.90 Å². The summed E-state index contributed by atoms with van der Waals surface area (Å²) in [5.41, 5.74) is 2.62. The van der Waals surface area contributed by atoms with E-state index in [1.54, 1.807) is 0 Å². The van der Waals surface area contributed by atoms with Crippen molar-refractivity contribution in [2.45, 2.75) is 57.5 Å². The molecule has 1 aliphatic rings. The van der Waals surface area contributed by atoms with Crippen molar-refractivity contribution in [2.24, 2.45) is 0 Å². The van der Waals surface area contributed by atoms with E-state index < -0.39 is 5.60 Å². The van der Waals surface area contributed by atoms with Crippen LogP contribution in [0.2, 0.25) is 0 Å². The fourth-order valence-corrected chi connectivity index (χ4v) is 4.44. The Morgan fingerprint density at radius 3 is 2.31 bits per heavy atom. The van der Waals surface area contributed by atoms with Crippen LogP contribution in [0.25, 0.3) is 0 Å². The van der Waals surface area contributed by atoms with Crippen molar-refractivity contribution in [3.05, 3.63) is 71.3 Å². The summed E-state index contributed by atoms with van der Waals surface area (Å²) in [5, 5.41) is 12.3. The zero-order valence-electron chi connectivity index (χ0n) is 18.1. The molecular formula is C26H37NO2. The normalized spacial score (nSPS) is 18.3. The van der Waals surface area contributed by atoms with Crippen LogP contribution in [0.5, 0.6) is 0 Å². The molecule has 1 heterocycles. The zero-order chi connectivity index (χ0) is 20.5. The number of aliphatic hydroxyl groups is 1. The highest BCUT2D eigenvalue weighted by molar-refractivity contribution is 5.33. The first kappa shape index (κ1) is 22.0. The van der Waals surface area contributed by atoms with Crippen LogP contribution in [0.4, 0.5) is 0 Å². The van der Waals surface area contributed by atoms with Crippen molar-refractivity contribution in [1.82, 2.24) is 4.90 Å². The van der Waals surface area contributed by atoms with E-state index in [-0.39, 0.29) is 5.92 Å². The van der Waals surface area contributed by atoms with Gasteiger partial charge in [0, 0.05) is 25.6 Å². The smallest absolute Gasteiger partial charge is 0.0977 e. The summed E-state index contributed by atoms with van der Waals surface area (Å²) in [6, 6.07) is 19.1. The van der Waals surface area contributed by atoms with Crippen molar-refractivity contribution in [1.29, 1.82) is 0 Å². The fraction of sp³-hybridized carbons (Fsp3) is 0.538. The molecule has 2 atom stereocenters. The Balaban J connectivity index is 1.94. The molecule has 0 aliphatic carbocycles. The topological polar surface area (TPSA) is 32.7 Å². The van der Waals surface area contributed by atoms with Crippen molar-refractivity contribution in [3.8, 4) is 0 Å². The lowest BCUT2D eigenvalue weighted by Crippen LogP contribution is -2.45. The number of benzene rings is 2. The van der Waals surface area contributed by atoms with E-state index in [0.29, 0.717) is 0 Å². The lowest BCUT2D eigenvalue weighted by molar-refractivity contribution is -0.0296. The molecule has 158 valence electrons. The van der Waals surface area contributed by atoms with Crippen LogP contribution in [-0.2, 0) is 10.3 Å². The lowest BCUT2D eigenvalue weighted by Gasteiger charge is -2.41. The molecule has 0 bridgehead atoms. The maximum atomic E-state index is 12.3. The van der Waals surface area contributed by atoms with Gasteiger partial charge in [-0.15, -0.1) is 0 Å². The maximum absolute atomic E-state index is 12.3. The van der Waals surface area contributed by atoms with Crippen LogP contribution in [-0.4, -0.2) is 42.9 Å². The average Bonchev–Trinajstić information content (AvgIpc) is 2.77. The Labute approximate surface area is 176 Å². The first-order valence-electron chi connectivity index (χ1n) is 11.3. The van der Waals surface area contributed by atoms with Gasteiger partial charge >= 0.3 is 0 Å². The molecule has 0 saturated carbocycles. The zero-order valence-corrected chi connectivity index (χ0v) is 18.1. The summed E-state index contributed by atoms with van der Waals surface area (Å²) in [6.07, 6.45) is 5.44. The van der Waals surface area contributed by atoms with Gasteiger partial charge in [0.2, 0.25) is 0 Å². The van der Waals surface area contributed by atoms with Crippen molar-refractivity contribution >= 4 is 0 Å². The molecule has 0 amide bonds. The number of ether oxygens (including phenoxy) is 1. The van der Waals surface area contributed by atoms with E-state index in [2.05, 4.69) is 73.3 Å². The molecule has 3 heteroatoms. The van der Waals surface area contributed by atoms with E-state index in [0.717, 1.165) is 51.3 Å². The second-order valence-corrected chi connectivity index (χ2v) is 8.48. The molecule has 0 spiro atoms. The number of aryl methyl sites for hydroxylation is 1. The van der Waals surface area contributed by atoms with Gasteiger partial charge in [-0.25, -0.2) is 0 Å². The number of hydrogen-bond acceptors (Lipinski definition) is 3. The highest BCUT2D eigenvalue weighted by Crippen LogP contribution is 2.42. The molecule has 2 aromatic rings. The van der Waals surface area contributed by atoms with Gasteiger partial charge in [-0.1, -0.05) is 92.8 Å². The van der Waals surface area contributed by atoms with Crippen molar-refractivity contribution < 1.29 is 9.84 Å². The molecule has 2 aromatic carbocycles. The number of rotatable bonds is 10. The van der Waals surface area contributed by atoms with E-state index in [1.807, 2.05) is 0 Å². The van der Waals surface area contributed by atoms with Gasteiger partial charge < -0.3 is 9.84 Å². The minimum absolute atomic E-state index is 0.0335. The standard InChI is InChI=1S/C26H37NO2/c1-3-4-5-9-16-26(28,24-14-12-22(2)13-15-24)25(23-10-7-6-8-11-23)21-27-17-19-29-20-18-27/h6-8,10-15,25,28H,3-5,9,16-21H2,1-2H3. The first-order chi connectivity index (χ1) is 14.1. The summed E-state index contributed by atoms with van der Waals surface area (Å²) in [5.74, 6) is 0.0335. The maximum Gasteiger partial charge on any atom is 0.0977 e. The molecule has 0 radical (unpaired) electrons. The third-order valence-electron chi connectivity index (χ3n) is 6.29. The molecule has 1 saturated heterocycles. The Morgan fingerprint density at radius 2 is 1.66 bits per heavy atom.